The average molecular weight is 461 g/mol. The Kier molecular flexibility index (Phi) is 10.9. The Morgan fingerprint density at radius 1 is 1.24 bits per heavy atom. The van der Waals surface area contributed by atoms with Gasteiger partial charge in [0.2, 0.25) is 0 Å². The number of hydrogen-bond donors (Lipinski definition) is 1. The van der Waals surface area contributed by atoms with Crippen LogP contribution in [-0.2, 0) is 11.3 Å². The fraction of sp³-hybridized carbons (Fsp3) is 0.632. The quantitative estimate of drug-likeness (QED) is 0.251. The molecule has 1 aliphatic carbocycles. The van der Waals surface area contributed by atoms with Crippen molar-refractivity contribution in [2.45, 2.75) is 33.2 Å². The van der Waals surface area contributed by atoms with Crippen molar-refractivity contribution in [2.75, 3.05) is 40.0 Å². The first-order valence-corrected chi connectivity index (χ1v) is 9.01. The summed E-state index contributed by atoms with van der Waals surface area (Å²) < 4.78 is 11.1. The van der Waals surface area contributed by atoms with E-state index in [4.69, 9.17) is 9.47 Å². The minimum absolute atomic E-state index is 0. The minimum atomic E-state index is 0. The summed E-state index contributed by atoms with van der Waals surface area (Å²) in [7, 11) is 2.06. The number of hydrogen-bond acceptors (Lipinski definition) is 3. The number of halogens is 1. The highest BCUT2D eigenvalue weighted by Gasteiger charge is 2.20. The summed E-state index contributed by atoms with van der Waals surface area (Å²) in [6.45, 7) is 8.73. The van der Waals surface area contributed by atoms with Crippen LogP contribution in [0.15, 0.2) is 29.3 Å². The van der Waals surface area contributed by atoms with E-state index in [1.165, 1.54) is 18.4 Å². The zero-order chi connectivity index (χ0) is 17.2. The van der Waals surface area contributed by atoms with Crippen molar-refractivity contribution in [3.63, 3.8) is 0 Å². The molecule has 1 aromatic carbocycles. The normalized spacial score (nSPS) is 14.0. The molecule has 0 unspecified atom stereocenters. The largest absolute Gasteiger partial charge is 0.494 e. The Morgan fingerprint density at radius 3 is 2.56 bits per heavy atom. The predicted octanol–water partition coefficient (Wildman–Crippen LogP) is 3.53. The first-order valence-electron chi connectivity index (χ1n) is 9.01. The smallest absolute Gasteiger partial charge is 0.194 e. The van der Waals surface area contributed by atoms with Gasteiger partial charge in [0.25, 0.3) is 0 Å². The van der Waals surface area contributed by atoms with Crippen LogP contribution in [0.25, 0.3) is 0 Å². The lowest BCUT2D eigenvalue weighted by Crippen LogP contribution is -2.38. The standard InChI is InChI=1S/C19H31N3O2.HI/c1-4-20-19(21-12-13-23-15-17-6-7-17)22(3)14-16-8-10-18(11-9-16)24-5-2;/h8-11,17H,4-7,12-15H2,1-3H3,(H,20,21);1H. The van der Waals surface area contributed by atoms with Crippen molar-refractivity contribution >= 4 is 29.9 Å². The third-order valence-corrected chi connectivity index (χ3v) is 3.90. The van der Waals surface area contributed by atoms with Crippen LogP contribution < -0.4 is 10.1 Å². The fourth-order valence-corrected chi connectivity index (χ4v) is 2.43. The van der Waals surface area contributed by atoms with Gasteiger partial charge in [-0.1, -0.05) is 12.1 Å². The SMILES string of the molecule is CCNC(=NCCOCC1CC1)N(C)Cc1ccc(OCC)cc1.I. The Morgan fingerprint density at radius 2 is 1.96 bits per heavy atom. The van der Waals surface area contributed by atoms with Crippen molar-refractivity contribution in [3.05, 3.63) is 29.8 Å². The number of rotatable bonds is 10. The van der Waals surface area contributed by atoms with Gasteiger partial charge in [0.05, 0.1) is 19.8 Å². The van der Waals surface area contributed by atoms with Gasteiger partial charge in [-0.2, -0.15) is 0 Å². The van der Waals surface area contributed by atoms with Gasteiger partial charge in [0.1, 0.15) is 5.75 Å². The zero-order valence-corrected chi connectivity index (χ0v) is 18.0. The summed E-state index contributed by atoms with van der Waals surface area (Å²) in [6.07, 6.45) is 2.66. The first-order chi connectivity index (χ1) is 11.7. The summed E-state index contributed by atoms with van der Waals surface area (Å²) >= 11 is 0. The molecule has 0 atom stereocenters. The van der Waals surface area contributed by atoms with E-state index in [9.17, 15) is 0 Å². The van der Waals surface area contributed by atoms with Crippen molar-refractivity contribution in [1.29, 1.82) is 0 Å². The maximum atomic E-state index is 5.65. The molecule has 0 bridgehead atoms. The number of nitrogens with zero attached hydrogens (tertiary/aromatic N) is 2. The lowest BCUT2D eigenvalue weighted by atomic mass is 10.2. The number of nitrogens with one attached hydrogen (secondary N) is 1. The Bertz CT molecular complexity index is 504. The molecule has 5 nitrogen and oxygen atoms in total. The van der Waals surface area contributed by atoms with E-state index in [1.807, 2.05) is 19.1 Å². The van der Waals surface area contributed by atoms with Gasteiger partial charge in [0.15, 0.2) is 5.96 Å². The van der Waals surface area contributed by atoms with Crippen LogP contribution in [0, 0.1) is 5.92 Å². The third-order valence-electron chi connectivity index (χ3n) is 3.90. The molecular formula is C19H32IN3O2. The minimum Gasteiger partial charge on any atom is -0.494 e. The van der Waals surface area contributed by atoms with Crippen LogP contribution >= 0.6 is 24.0 Å². The lowest BCUT2D eigenvalue weighted by molar-refractivity contribution is 0.131. The van der Waals surface area contributed by atoms with E-state index in [0.29, 0.717) is 19.8 Å². The van der Waals surface area contributed by atoms with Crippen LogP contribution in [0.1, 0.15) is 32.3 Å². The number of ether oxygens (including phenoxy) is 2. The van der Waals surface area contributed by atoms with Gasteiger partial charge in [-0.15, -0.1) is 24.0 Å². The van der Waals surface area contributed by atoms with Crippen LogP contribution in [0.2, 0.25) is 0 Å². The van der Waals surface area contributed by atoms with E-state index in [1.54, 1.807) is 0 Å². The molecule has 6 heteroatoms. The predicted molar refractivity (Wildman–Crippen MR) is 114 cm³/mol. The number of aliphatic imine (C=N–C) groups is 1. The molecule has 0 heterocycles. The molecule has 0 radical (unpaired) electrons. The lowest BCUT2D eigenvalue weighted by Gasteiger charge is -2.22. The molecule has 1 fully saturated rings. The highest BCUT2D eigenvalue weighted by molar-refractivity contribution is 14.0. The molecule has 2 rings (SSSR count). The van der Waals surface area contributed by atoms with E-state index >= 15 is 0 Å². The van der Waals surface area contributed by atoms with E-state index in [-0.39, 0.29) is 24.0 Å². The van der Waals surface area contributed by atoms with Gasteiger partial charge < -0.3 is 19.7 Å². The van der Waals surface area contributed by atoms with Gasteiger partial charge in [-0.25, -0.2) is 0 Å². The van der Waals surface area contributed by atoms with Crippen molar-refractivity contribution in [3.8, 4) is 5.75 Å². The summed E-state index contributed by atoms with van der Waals surface area (Å²) in [5.74, 6) is 2.64. The van der Waals surface area contributed by atoms with Gasteiger partial charge in [-0.3, -0.25) is 4.99 Å². The molecule has 0 saturated heterocycles. The molecule has 1 aliphatic rings. The average Bonchev–Trinajstić information content (AvgIpc) is 3.40. The Hall–Kier alpha value is -1.02. The second-order valence-electron chi connectivity index (χ2n) is 6.19. The Labute approximate surface area is 169 Å². The summed E-state index contributed by atoms with van der Waals surface area (Å²) in [4.78, 5) is 6.79. The summed E-state index contributed by atoms with van der Waals surface area (Å²) in [5, 5.41) is 3.34. The molecule has 0 aromatic heterocycles. The van der Waals surface area contributed by atoms with Crippen LogP contribution in [0.4, 0.5) is 0 Å². The zero-order valence-electron chi connectivity index (χ0n) is 15.7. The van der Waals surface area contributed by atoms with E-state index in [0.717, 1.165) is 37.3 Å². The van der Waals surface area contributed by atoms with Crippen molar-refractivity contribution < 1.29 is 9.47 Å². The first kappa shape index (κ1) is 22.0. The van der Waals surface area contributed by atoms with Gasteiger partial charge in [0, 0.05) is 26.7 Å². The number of benzene rings is 1. The molecule has 1 N–H and O–H groups in total. The van der Waals surface area contributed by atoms with Crippen molar-refractivity contribution in [1.82, 2.24) is 10.2 Å². The maximum Gasteiger partial charge on any atom is 0.194 e. The van der Waals surface area contributed by atoms with Crippen LogP contribution in [0.5, 0.6) is 5.75 Å². The van der Waals surface area contributed by atoms with E-state index < -0.39 is 0 Å². The highest BCUT2D eigenvalue weighted by Crippen LogP contribution is 2.28. The summed E-state index contributed by atoms with van der Waals surface area (Å²) in [5.41, 5.74) is 1.23. The van der Waals surface area contributed by atoms with Crippen LogP contribution in [-0.4, -0.2) is 50.8 Å². The monoisotopic (exact) mass is 461 g/mol. The van der Waals surface area contributed by atoms with Crippen LogP contribution in [0.3, 0.4) is 0 Å². The Balaban J connectivity index is 0.00000312. The molecule has 0 aliphatic heterocycles. The number of guanidine groups is 1. The molecule has 1 saturated carbocycles. The molecule has 142 valence electrons. The molecule has 1 aromatic rings. The second-order valence-corrected chi connectivity index (χ2v) is 6.19. The summed E-state index contributed by atoms with van der Waals surface area (Å²) in [6, 6.07) is 8.23. The topological polar surface area (TPSA) is 46.1 Å². The second kappa shape index (κ2) is 12.4. The van der Waals surface area contributed by atoms with Gasteiger partial charge in [-0.05, 0) is 50.3 Å². The molecular weight excluding hydrogens is 429 g/mol. The molecule has 25 heavy (non-hydrogen) atoms. The van der Waals surface area contributed by atoms with E-state index in [2.05, 4.69) is 41.3 Å². The fourth-order valence-electron chi connectivity index (χ4n) is 2.43. The molecule has 0 amide bonds. The van der Waals surface area contributed by atoms with Crippen molar-refractivity contribution in [2.24, 2.45) is 10.9 Å². The van der Waals surface area contributed by atoms with Gasteiger partial charge >= 0.3 is 0 Å². The third kappa shape index (κ3) is 8.76. The highest BCUT2D eigenvalue weighted by atomic mass is 127. The maximum absolute atomic E-state index is 5.65. The molecule has 0 spiro atoms.